The lowest BCUT2D eigenvalue weighted by molar-refractivity contribution is 0.0965. The summed E-state index contributed by atoms with van der Waals surface area (Å²) in [7, 11) is 0. The molecule has 0 spiro atoms. The van der Waals surface area contributed by atoms with Gasteiger partial charge in [0.05, 0.1) is 30.6 Å². The molecule has 162 valence electrons. The number of fused-ring (bicyclic) bond motifs is 1. The Hall–Kier alpha value is -2.87. The van der Waals surface area contributed by atoms with Crippen LogP contribution >= 0.6 is 0 Å². The van der Waals surface area contributed by atoms with Gasteiger partial charge < -0.3 is 24.8 Å². The molecule has 2 aliphatic rings. The van der Waals surface area contributed by atoms with Gasteiger partial charge in [-0.15, -0.1) is 0 Å². The number of carbonyl (C=O) groups excluding carboxylic acids is 1. The summed E-state index contributed by atoms with van der Waals surface area (Å²) in [6, 6.07) is 5.69. The predicted octanol–water partition coefficient (Wildman–Crippen LogP) is 2.47. The van der Waals surface area contributed by atoms with Crippen molar-refractivity contribution in [1.82, 2.24) is 15.3 Å². The van der Waals surface area contributed by atoms with E-state index in [9.17, 15) is 4.79 Å². The lowest BCUT2D eigenvalue weighted by Gasteiger charge is -2.33. The topological polar surface area (TPSA) is 96.8 Å². The van der Waals surface area contributed by atoms with Crippen molar-refractivity contribution in [2.75, 3.05) is 31.2 Å². The van der Waals surface area contributed by atoms with E-state index >= 15 is 0 Å². The lowest BCUT2D eigenvalue weighted by Crippen LogP contribution is -2.39. The highest BCUT2D eigenvalue weighted by atomic mass is 16.5. The maximum Gasteiger partial charge on any atom is 0.253 e. The summed E-state index contributed by atoms with van der Waals surface area (Å²) in [5.41, 5.74) is 2.60. The zero-order valence-electron chi connectivity index (χ0n) is 17.9. The number of aromatic nitrogens is 2. The SMILES string of the molecule is CCO.CCOc1ccc(OC2CCN(c3nc4c(cc3C)C(=O)NC4)CC2)cn1. The molecule has 2 aromatic heterocycles. The Morgan fingerprint density at radius 2 is 2.00 bits per heavy atom. The van der Waals surface area contributed by atoms with Gasteiger partial charge in [-0.3, -0.25) is 4.79 Å². The Labute approximate surface area is 177 Å². The quantitative estimate of drug-likeness (QED) is 0.776. The molecule has 0 radical (unpaired) electrons. The van der Waals surface area contributed by atoms with Crippen molar-refractivity contribution in [2.24, 2.45) is 0 Å². The highest BCUT2D eigenvalue weighted by Crippen LogP contribution is 2.27. The van der Waals surface area contributed by atoms with E-state index in [0.29, 0.717) is 24.6 Å². The summed E-state index contributed by atoms with van der Waals surface area (Å²) in [6.07, 6.45) is 3.72. The van der Waals surface area contributed by atoms with Crippen LogP contribution < -0.4 is 19.7 Å². The molecule has 0 aromatic carbocycles. The number of nitrogens with zero attached hydrogens (tertiary/aromatic N) is 3. The van der Waals surface area contributed by atoms with Gasteiger partial charge in [0.1, 0.15) is 17.7 Å². The lowest BCUT2D eigenvalue weighted by atomic mass is 10.1. The minimum Gasteiger partial charge on any atom is -0.489 e. The molecule has 2 aliphatic heterocycles. The molecule has 0 atom stereocenters. The number of hydrogen-bond donors (Lipinski definition) is 2. The molecule has 8 heteroatoms. The molecule has 0 saturated carbocycles. The van der Waals surface area contributed by atoms with Crippen molar-refractivity contribution in [1.29, 1.82) is 0 Å². The van der Waals surface area contributed by atoms with Gasteiger partial charge >= 0.3 is 0 Å². The average molecular weight is 415 g/mol. The van der Waals surface area contributed by atoms with Gasteiger partial charge in [0, 0.05) is 38.6 Å². The fourth-order valence-corrected chi connectivity index (χ4v) is 3.60. The van der Waals surface area contributed by atoms with E-state index in [2.05, 4.69) is 15.2 Å². The van der Waals surface area contributed by atoms with Crippen molar-refractivity contribution in [3.05, 3.63) is 41.2 Å². The molecule has 2 N–H and O–H groups in total. The van der Waals surface area contributed by atoms with E-state index in [1.807, 2.05) is 32.0 Å². The molecule has 0 aliphatic carbocycles. The number of ether oxygens (including phenoxy) is 2. The van der Waals surface area contributed by atoms with Gasteiger partial charge in [-0.05, 0) is 38.5 Å². The monoisotopic (exact) mass is 414 g/mol. The Bertz CT molecular complexity index is 849. The van der Waals surface area contributed by atoms with Crippen molar-refractivity contribution < 1.29 is 19.4 Å². The van der Waals surface area contributed by atoms with Crippen LogP contribution in [-0.4, -0.2) is 53.4 Å². The minimum absolute atomic E-state index is 0.0248. The van der Waals surface area contributed by atoms with Crippen LogP contribution in [0, 0.1) is 6.92 Å². The van der Waals surface area contributed by atoms with Crippen LogP contribution in [0.15, 0.2) is 24.4 Å². The van der Waals surface area contributed by atoms with Crippen LogP contribution in [0.1, 0.15) is 48.3 Å². The molecule has 8 nitrogen and oxygen atoms in total. The standard InChI is InChI=1S/C20H24N4O3.C2H6O/c1-3-26-18-5-4-15(11-21-18)27-14-6-8-24(9-7-14)19-13(2)10-16-17(23-19)12-22-20(16)25;1-2-3/h4-5,10-11,14H,3,6-9,12H2,1-2H3,(H,22,25);3H,2H2,1H3. The van der Waals surface area contributed by atoms with Crippen LogP contribution in [0.5, 0.6) is 11.6 Å². The number of nitrogens with one attached hydrogen (secondary N) is 1. The van der Waals surface area contributed by atoms with Crippen LogP contribution in [0.4, 0.5) is 5.82 Å². The van der Waals surface area contributed by atoms with E-state index in [-0.39, 0.29) is 18.6 Å². The van der Waals surface area contributed by atoms with Crippen molar-refractivity contribution in [2.45, 2.75) is 46.3 Å². The summed E-state index contributed by atoms with van der Waals surface area (Å²) < 4.78 is 11.4. The Morgan fingerprint density at radius 1 is 1.27 bits per heavy atom. The maximum absolute atomic E-state index is 11.8. The van der Waals surface area contributed by atoms with Gasteiger partial charge in [-0.1, -0.05) is 0 Å². The third kappa shape index (κ3) is 5.18. The Balaban J connectivity index is 0.000000806. The summed E-state index contributed by atoms with van der Waals surface area (Å²) in [5.74, 6) is 2.34. The minimum atomic E-state index is -0.0248. The highest BCUT2D eigenvalue weighted by molar-refractivity contribution is 5.98. The first-order valence-corrected chi connectivity index (χ1v) is 10.5. The summed E-state index contributed by atoms with van der Waals surface area (Å²) >= 11 is 0. The highest BCUT2D eigenvalue weighted by Gasteiger charge is 2.26. The van der Waals surface area contributed by atoms with Crippen molar-refractivity contribution in [3.63, 3.8) is 0 Å². The molecule has 2 aromatic rings. The van der Waals surface area contributed by atoms with Gasteiger partial charge in [-0.2, -0.15) is 0 Å². The Morgan fingerprint density at radius 3 is 2.63 bits per heavy atom. The fourth-order valence-electron chi connectivity index (χ4n) is 3.60. The number of aryl methyl sites for hydroxylation is 1. The normalized spacial score (nSPS) is 15.7. The molecule has 4 rings (SSSR count). The number of carbonyl (C=O) groups is 1. The van der Waals surface area contributed by atoms with Crippen LogP contribution in [0.2, 0.25) is 0 Å². The van der Waals surface area contributed by atoms with E-state index in [1.54, 1.807) is 13.1 Å². The van der Waals surface area contributed by atoms with Gasteiger partial charge in [-0.25, -0.2) is 9.97 Å². The van der Waals surface area contributed by atoms with Crippen LogP contribution in [0.25, 0.3) is 0 Å². The molecule has 1 saturated heterocycles. The smallest absolute Gasteiger partial charge is 0.253 e. The molecule has 1 fully saturated rings. The number of hydrogen-bond acceptors (Lipinski definition) is 7. The number of piperidine rings is 1. The number of aliphatic hydroxyl groups excluding tert-OH is 1. The molecule has 30 heavy (non-hydrogen) atoms. The second kappa shape index (κ2) is 10.2. The van der Waals surface area contributed by atoms with Crippen molar-refractivity contribution >= 4 is 11.7 Å². The molecule has 0 bridgehead atoms. The number of aliphatic hydroxyl groups is 1. The van der Waals surface area contributed by atoms with Gasteiger partial charge in [0.25, 0.3) is 5.91 Å². The number of pyridine rings is 2. The number of amides is 1. The summed E-state index contributed by atoms with van der Waals surface area (Å²) in [4.78, 5) is 23.1. The van der Waals surface area contributed by atoms with E-state index in [0.717, 1.165) is 48.8 Å². The molecular formula is C22H30N4O4. The number of rotatable bonds is 5. The average Bonchev–Trinajstić information content (AvgIpc) is 3.10. The zero-order valence-corrected chi connectivity index (χ0v) is 17.9. The van der Waals surface area contributed by atoms with E-state index in [4.69, 9.17) is 19.6 Å². The Kier molecular flexibility index (Phi) is 7.46. The fraction of sp³-hybridized carbons (Fsp3) is 0.500. The van der Waals surface area contributed by atoms with Gasteiger partial charge in [0.2, 0.25) is 5.88 Å². The third-order valence-electron chi connectivity index (χ3n) is 4.97. The first kappa shape index (κ1) is 21.8. The zero-order chi connectivity index (χ0) is 21.5. The van der Waals surface area contributed by atoms with Crippen LogP contribution in [0.3, 0.4) is 0 Å². The largest absolute Gasteiger partial charge is 0.489 e. The third-order valence-corrected chi connectivity index (χ3v) is 4.97. The first-order valence-electron chi connectivity index (χ1n) is 10.5. The van der Waals surface area contributed by atoms with E-state index in [1.165, 1.54) is 0 Å². The molecule has 0 unspecified atom stereocenters. The summed E-state index contributed by atoms with van der Waals surface area (Å²) in [5, 5.41) is 10.4. The summed E-state index contributed by atoms with van der Waals surface area (Å²) in [6.45, 7) is 8.76. The first-order chi connectivity index (χ1) is 14.5. The second-order valence-electron chi connectivity index (χ2n) is 7.19. The number of anilines is 1. The van der Waals surface area contributed by atoms with Crippen LogP contribution in [-0.2, 0) is 6.54 Å². The molecular weight excluding hydrogens is 384 g/mol. The van der Waals surface area contributed by atoms with Gasteiger partial charge in [0.15, 0.2) is 0 Å². The molecule has 4 heterocycles. The van der Waals surface area contributed by atoms with E-state index < -0.39 is 0 Å². The predicted molar refractivity (Wildman–Crippen MR) is 114 cm³/mol. The van der Waals surface area contributed by atoms with Crippen molar-refractivity contribution in [3.8, 4) is 11.6 Å². The second-order valence-corrected chi connectivity index (χ2v) is 7.19. The molecule has 1 amide bonds. The maximum atomic E-state index is 11.8.